The lowest BCUT2D eigenvalue weighted by Crippen LogP contribution is -1.88. The van der Waals surface area contributed by atoms with Gasteiger partial charge in [-0.1, -0.05) is 5.92 Å². The van der Waals surface area contributed by atoms with Crippen LogP contribution in [0.3, 0.4) is 0 Å². The molecule has 0 spiro atoms. The average molecular weight is 190 g/mol. The van der Waals surface area contributed by atoms with Crippen LogP contribution >= 0.6 is 0 Å². The standard InChI is InChI=1S/C10H6O4/c11-6-7-1-3-9(12)8(5-7)2-4-10(13)14/h1,3,5-6,12H,(H,13,14). The molecule has 0 radical (unpaired) electrons. The van der Waals surface area contributed by atoms with Crippen LogP contribution in [-0.2, 0) is 4.79 Å². The molecule has 1 aromatic carbocycles. The number of aromatic hydroxyl groups is 1. The number of carbonyl (C=O) groups is 2. The highest BCUT2D eigenvalue weighted by molar-refractivity contribution is 5.87. The Bertz CT molecular complexity index is 437. The van der Waals surface area contributed by atoms with Gasteiger partial charge in [-0.2, -0.15) is 0 Å². The second kappa shape index (κ2) is 4.10. The molecular formula is C10H6O4. The van der Waals surface area contributed by atoms with Crippen LogP contribution < -0.4 is 0 Å². The molecule has 0 aliphatic heterocycles. The fraction of sp³-hybridized carbons (Fsp3) is 0. The molecule has 1 rings (SSSR count). The molecule has 1 aromatic rings. The molecule has 4 nitrogen and oxygen atoms in total. The smallest absolute Gasteiger partial charge is 0.382 e. The minimum atomic E-state index is -1.29. The first-order chi connectivity index (χ1) is 6.63. The van der Waals surface area contributed by atoms with E-state index in [-0.39, 0.29) is 11.3 Å². The molecular weight excluding hydrogens is 184 g/mol. The van der Waals surface area contributed by atoms with Crippen molar-refractivity contribution < 1.29 is 19.8 Å². The summed E-state index contributed by atoms with van der Waals surface area (Å²) >= 11 is 0. The number of phenolic OH excluding ortho intramolecular Hbond substituents is 1. The van der Waals surface area contributed by atoms with Gasteiger partial charge in [-0.05, 0) is 18.2 Å². The molecule has 0 unspecified atom stereocenters. The number of carboxylic acid groups (broad SMARTS) is 1. The van der Waals surface area contributed by atoms with Gasteiger partial charge in [0.1, 0.15) is 12.0 Å². The Labute approximate surface area is 79.8 Å². The number of benzene rings is 1. The summed E-state index contributed by atoms with van der Waals surface area (Å²) in [5.41, 5.74) is 0.453. The molecule has 0 amide bonds. The highest BCUT2D eigenvalue weighted by atomic mass is 16.4. The zero-order chi connectivity index (χ0) is 10.6. The Balaban J connectivity index is 3.14. The SMILES string of the molecule is O=Cc1ccc(O)c(C#CC(=O)O)c1. The molecule has 0 saturated heterocycles. The molecule has 0 atom stereocenters. The fourth-order valence-corrected chi connectivity index (χ4v) is 0.848. The molecule has 2 N–H and O–H groups in total. The summed E-state index contributed by atoms with van der Waals surface area (Å²) in [5.74, 6) is 2.63. The van der Waals surface area contributed by atoms with Gasteiger partial charge in [-0.25, -0.2) is 4.79 Å². The molecule has 0 heterocycles. The second-order valence-electron chi connectivity index (χ2n) is 2.45. The monoisotopic (exact) mass is 190 g/mol. The zero-order valence-electron chi connectivity index (χ0n) is 7.02. The van der Waals surface area contributed by atoms with Gasteiger partial charge in [0.15, 0.2) is 0 Å². The van der Waals surface area contributed by atoms with Crippen molar-refractivity contribution in [2.45, 2.75) is 0 Å². The maximum absolute atomic E-state index is 10.4. The molecule has 14 heavy (non-hydrogen) atoms. The van der Waals surface area contributed by atoms with Crippen molar-refractivity contribution in [2.24, 2.45) is 0 Å². The third-order valence-electron chi connectivity index (χ3n) is 1.46. The number of hydrogen-bond donors (Lipinski definition) is 2. The first-order valence-electron chi connectivity index (χ1n) is 3.66. The summed E-state index contributed by atoms with van der Waals surface area (Å²) in [6.45, 7) is 0. The van der Waals surface area contributed by atoms with E-state index in [4.69, 9.17) is 5.11 Å². The van der Waals surface area contributed by atoms with Gasteiger partial charge in [0.05, 0.1) is 5.56 Å². The third-order valence-corrected chi connectivity index (χ3v) is 1.46. The van der Waals surface area contributed by atoms with Gasteiger partial charge in [-0.3, -0.25) is 4.79 Å². The second-order valence-corrected chi connectivity index (χ2v) is 2.45. The highest BCUT2D eigenvalue weighted by Gasteiger charge is 1.99. The lowest BCUT2D eigenvalue weighted by atomic mass is 10.1. The average Bonchev–Trinajstić information content (AvgIpc) is 2.16. The number of hydrogen-bond acceptors (Lipinski definition) is 3. The topological polar surface area (TPSA) is 74.6 Å². The predicted molar refractivity (Wildman–Crippen MR) is 48.0 cm³/mol. The lowest BCUT2D eigenvalue weighted by Gasteiger charge is -1.96. The van der Waals surface area contributed by atoms with Crippen LogP contribution in [0.4, 0.5) is 0 Å². The molecule has 0 aliphatic rings. The van der Waals surface area contributed by atoms with Gasteiger partial charge >= 0.3 is 5.97 Å². The van der Waals surface area contributed by atoms with E-state index in [1.807, 2.05) is 5.92 Å². The zero-order valence-corrected chi connectivity index (χ0v) is 7.02. The minimum Gasteiger partial charge on any atom is -0.507 e. The molecule has 4 heteroatoms. The summed E-state index contributed by atoms with van der Waals surface area (Å²) in [4.78, 5) is 20.5. The number of carboxylic acids is 1. The quantitative estimate of drug-likeness (QED) is 0.503. The molecule has 0 aromatic heterocycles. The normalized spacial score (nSPS) is 8.57. The fourth-order valence-electron chi connectivity index (χ4n) is 0.848. The van der Waals surface area contributed by atoms with E-state index in [0.29, 0.717) is 11.8 Å². The van der Waals surface area contributed by atoms with Crippen molar-refractivity contribution in [3.05, 3.63) is 29.3 Å². The van der Waals surface area contributed by atoms with Crippen molar-refractivity contribution in [3.8, 4) is 17.6 Å². The first kappa shape index (κ1) is 9.81. The van der Waals surface area contributed by atoms with Crippen LogP contribution in [0.1, 0.15) is 15.9 Å². The largest absolute Gasteiger partial charge is 0.507 e. The van der Waals surface area contributed by atoms with Crippen LogP contribution in [0, 0.1) is 11.8 Å². The third kappa shape index (κ3) is 2.35. The van der Waals surface area contributed by atoms with Gasteiger partial charge in [-0.15, -0.1) is 0 Å². The number of aldehydes is 1. The van der Waals surface area contributed by atoms with E-state index in [1.54, 1.807) is 0 Å². The molecule has 0 aliphatic carbocycles. The van der Waals surface area contributed by atoms with E-state index in [2.05, 4.69) is 5.92 Å². The summed E-state index contributed by atoms with van der Waals surface area (Å²) in [5, 5.41) is 17.5. The summed E-state index contributed by atoms with van der Waals surface area (Å²) < 4.78 is 0. The predicted octanol–water partition coefficient (Wildman–Crippen LogP) is 0.641. The van der Waals surface area contributed by atoms with Gasteiger partial charge in [0.25, 0.3) is 0 Å². The first-order valence-corrected chi connectivity index (χ1v) is 3.66. The van der Waals surface area contributed by atoms with Crippen LogP contribution in [-0.4, -0.2) is 22.5 Å². The maximum atomic E-state index is 10.4. The van der Waals surface area contributed by atoms with Gasteiger partial charge in [0, 0.05) is 11.5 Å². The number of aliphatic carboxylic acids is 1. The van der Waals surface area contributed by atoms with Crippen LogP contribution in [0.5, 0.6) is 5.75 Å². The Hall–Kier alpha value is -2.28. The lowest BCUT2D eigenvalue weighted by molar-refractivity contribution is -0.130. The molecule has 70 valence electrons. The highest BCUT2D eigenvalue weighted by Crippen LogP contribution is 2.16. The van der Waals surface area contributed by atoms with E-state index < -0.39 is 5.97 Å². The van der Waals surface area contributed by atoms with E-state index in [0.717, 1.165) is 0 Å². The summed E-state index contributed by atoms with van der Waals surface area (Å²) in [6.07, 6.45) is 0.589. The van der Waals surface area contributed by atoms with Crippen LogP contribution in [0.25, 0.3) is 0 Å². The minimum absolute atomic E-state index is 0.122. The van der Waals surface area contributed by atoms with Crippen LogP contribution in [0.2, 0.25) is 0 Å². The molecule has 0 saturated carbocycles. The van der Waals surface area contributed by atoms with Crippen LogP contribution in [0.15, 0.2) is 18.2 Å². The van der Waals surface area contributed by atoms with Gasteiger partial charge in [0.2, 0.25) is 0 Å². The summed E-state index contributed by atoms with van der Waals surface area (Å²) in [6, 6.07) is 4.02. The van der Waals surface area contributed by atoms with E-state index in [9.17, 15) is 14.7 Å². The number of phenols is 1. The van der Waals surface area contributed by atoms with E-state index >= 15 is 0 Å². The van der Waals surface area contributed by atoms with Crippen molar-refractivity contribution in [3.63, 3.8) is 0 Å². The van der Waals surface area contributed by atoms with Crippen molar-refractivity contribution >= 4 is 12.3 Å². The van der Waals surface area contributed by atoms with Crippen molar-refractivity contribution in [1.82, 2.24) is 0 Å². The Kier molecular flexibility index (Phi) is 2.87. The molecule has 0 bridgehead atoms. The Morgan fingerprint density at radius 2 is 2.14 bits per heavy atom. The summed E-state index contributed by atoms with van der Waals surface area (Å²) in [7, 11) is 0. The number of rotatable bonds is 1. The van der Waals surface area contributed by atoms with Gasteiger partial charge < -0.3 is 10.2 Å². The maximum Gasteiger partial charge on any atom is 0.382 e. The Morgan fingerprint density at radius 1 is 1.43 bits per heavy atom. The number of carbonyl (C=O) groups excluding carboxylic acids is 1. The Morgan fingerprint density at radius 3 is 2.71 bits per heavy atom. The molecule has 0 fully saturated rings. The van der Waals surface area contributed by atoms with Crippen molar-refractivity contribution in [2.75, 3.05) is 0 Å². The van der Waals surface area contributed by atoms with E-state index in [1.165, 1.54) is 18.2 Å². The van der Waals surface area contributed by atoms with Crippen molar-refractivity contribution in [1.29, 1.82) is 0 Å².